The molecule has 0 saturated carbocycles. The molecule has 0 aliphatic rings. The van der Waals surface area contributed by atoms with Crippen LogP contribution in [0.2, 0.25) is 0 Å². The molecule has 1 aromatic carbocycles. The Bertz CT molecular complexity index is 457. The fourth-order valence-corrected chi connectivity index (χ4v) is 1.42. The second-order valence-electron chi connectivity index (χ2n) is 3.12. The van der Waals surface area contributed by atoms with Crippen LogP contribution in [0.1, 0.15) is 24.2 Å². The van der Waals surface area contributed by atoms with Crippen LogP contribution in [0.3, 0.4) is 0 Å². The van der Waals surface area contributed by atoms with Gasteiger partial charge in [-0.1, -0.05) is 18.1 Å². The summed E-state index contributed by atoms with van der Waals surface area (Å²) in [6, 6.07) is 4.51. The number of hydrogen-bond acceptors (Lipinski definition) is 4. The molecule has 0 N–H and O–H groups in total. The van der Waals surface area contributed by atoms with Crippen molar-refractivity contribution in [1.29, 1.82) is 0 Å². The van der Waals surface area contributed by atoms with Gasteiger partial charge in [0.1, 0.15) is 5.69 Å². The average molecular weight is 238 g/mol. The molecule has 0 aliphatic carbocycles. The summed E-state index contributed by atoms with van der Waals surface area (Å²) in [6.45, 7) is 1.94. The molecule has 0 aromatic heterocycles. The molecular weight excluding hydrogens is 228 g/mol. The van der Waals surface area contributed by atoms with Gasteiger partial charge in [-0.2, -0.15) is 12.6 Å². The van der Waals surface area contributed by atoms with E-state index in [1.807, 2.05) is 6.92 Å². The Hall–Kier alpha value is -1.72. The second-order valence-corrected chi connectivity index (χ2v) is 3.74. The molecule has 7 heteroatoms. The quantitative estimate of drug-likeness (QED) is 0.215. The van der Waals surface area contributed by atoms with Crippen LogP contribution in [0.25, 0.3) is 10.4 Å². The lowest BCUT2D eigenvalue weighted by Gasteiger charge is -2.08. The smallest absolute Gasteiger partial charge is 0.258 e. The zero-order valence-electron chi connectivity index (χ0n) is 8.57. The van der Waals surface area contributed by atoms with Crippen LogP contribution in [0.5, 0.6) is 0 Å². The molecule has 0 spiro atoms. The largest absolute Gasteiger partial charge is 0.279 e. The van der Waals surface area contributed by atoms with Crippen LogP contribution in [0, 0.1) is 10.1 Å². The molecule has 84 valence electrons. The lowest BCUT2D eigenvalue weighted by Crippen LogP contribution is -1.93. The molecule has 0 bridgehead atoms. The van der Waals surface area contributed by atoms with Gasteiger partial charge in [0.25, 0.3) is 5.69 Å². The Balaban J connectivity index is 3.27. The van der Waals surface area contributed by atoms with Crippen LogP contribution in [-0.2, 0) is 0 Å². The number of thiol groups is 1. The fraction of sp³-hybridized carbons (Fsp3) is 0.333. The summed E-state index contributed by atoms with van der Waals surface area (Å²) >= 11 is 4.30. The fourth-order valence-electron chi connectivity index (χ4n) is 1.26. The predicted molar refractivity (Wildman–Crippen MR) is 63.9 cm³/mol. The molecule has 1 atom stereocenters. The van der Waals surface area contributed by atoms with E-state index in [1.54, 1.807) is 6.07 Å². The van der Waals surface area contributed by atoms with Gasteiger partial charge in [-0.3, -0.25) is 10.1 Å². The van der Waals surface area contributed by atoms with E-state index in [2.05, 4.69) is 22.7 Å². The Kier molecular flexibility index (Phi) is 4.16. The lowest BCUT2D eigenvalue weighted by molar-refractivity contribution is -0.384. The highest BCUT2D eigenvalue weighted by atomic mass is 32.1. The Morgan fingerprint density at radius 3 is 2.88 bits per heavy atom. The summed E-state index contributed by atoms with van der Waals surface area (Å²) < 4.78 is 0. The highest BCUT2D eigenvalue weighted by Crippen LogP contribution is 2.33. The maximum absolute atomic E-state index is 10.8. The van der Waals surface area contributed by atoms with Gasteiger partial charge in [0, 0.05) is 16.2 Å². The van der Waals surface area contributed by atoms with Crippen molar-refractivity contribution in [2.45, 2.75) is 18.6 Å². The SMILES string of the molecule is CCC(S)c1ccc(N=[N+]=[N-])c([N+](=O)[O-])c1. The zero-order valence-corrected chi connectivity index (χ0v) is 9.46. The van der Waals surface area contributed by atoms with Gasteiger partial charge >= 0.3 is 0 Å². The van der Waals surface area contributed by atoms with Crippen LogP contribution in [-0.4, -0.2) is 4.92 Å². The van der Waals surface area contributed by atoms with E-state index in [0.717, 1.165) is 12.0 Å². The van der Waals surface area contributed by atoms with Crippen LogP contribution in [0.15, 0.2) is 23.3 Å². The van der Waals surface area contributed by atoms with Gasteiger partial charge < -0.3 is 0 Å². The predicted octanol–water partition coefficient (Wildman–Crippen LogP) is 3.92. The number of nitrogens with zero attached hydrogens (tertiary/aromatic N) is 4. The third kappa shape index (κ3) is 2.65. The first-order valence-electron chi connectivity index (χ1n) is 4.61. The number of nitro groups is 1. The van der Waals surface area contributed by atoms with Crippen molar-refractivity contribution in [1.82, 2.24) is 0 Å². The third-order valence-corrected chi connectivity index (χ3v) is 2.78. The van der Waals surface area contributed by atoms with E-state index in [1.165, 1.54) is 12.1 Å². The Morgan fingerprint density at radius 2 is 2.38 bits per heavy atom. The van der Waals surface area contributed by atoms with Crippen LogP contribution < -0.4 is 0 Å². The van der Waals surface area contributed by atoms with E-state index < -0.39 is 4.92 Å². The first-order valence-corrected chi connectivity index (χ1v) is 5.13. The molecule has 6 nitrogen and oxygen atoms in total. The summed E-state index contributed by atoms with van der Waals surface area (Å²) in [5.41, 5.74) is 8.85. The van der Waals surface area contributed by atoms with Crippen LogP contribution in [0.4, 0.5) is 11.4 Å². The Morgan fingerprint density at radius 1 is 1.69 bits per heavy atom. The molecule has 0 amide bonds. The van der Waals surface area contributed by atoms with Crippen molar-refractivity contribution < 1.29 is 4.92 Å². The number of rotatable bonds is 4. The first kappa shape index (κ1) is 12.4. The van der Waals surface area contributed by atoms with Crippen molar-refractivity contribution >= 4 is 24.0 Å². The maximum Gasteiger partial charge on any atom is 0.279 e. The third-order valence-electron chi connectivity index (χ3n) is 2.12. The van der Waals surface area contributed by atoms with Gasteiger partial charge in [-0.15, -0.1) is 0 Å². The standard InChI is InChI=1S/C9H10N4O2S/c1-2-9(16)6-3-4-7(11-12-10)8(5-6)13(14)15/h3-5,9,16H,2H2,1H3. The molecule has 0 aliphatic heterocycles. The second kappa shape index (κ2) is 5.39. The van der Waals surface area contributed by atoms with E-state index in [-0.39, 0.29) is 16.6 Å². The van der Waals surface area contributed by atoms with Gasteiger partial charge in [-0.25, -0.2) is 0 Å². The summed E-state index contributed by atoms with van der Waals surface area (Å²) in [4.78, 5) is 12.7. The molecule has 0 radical (unpaired) electrons. The van der Waals surface area contributed by atoms with Crippen molar-refractivity contribution in [2.24, 2.45) is 5.11 Å². The van der Waals surface area contributed by atoms with Crippen LogP contribution >= 0.6 is 12.6 Å². The van der Waals surface area contributed by atoms with Crippen molar-refractivity contribution in [2.75, 3.05) is 0 Å². The Labute approximate surface area is 97.5 Å². The van der Waals surface area contributed by atoms with Gasteiger partial charge in [0.05, 0.1) is 4.92 Å². The summed E-state index contributed by atoms with van der Waals surface area (Å²) in [6.07, 6.45) is 0.765. The minimum Gasteiger partial charge on any atom is -0.258 e. The molecule has 0 saturated heterocycles. The molecule has 0 fully saturated rings. The highest BCUT2D eigenvalue weighted by Gasteiger charge is 2.15. The summed E-state index contributed by atoms with van der Waals surface area (Å²) in [5, 5.41) is 14.0. The molecule has 16 heavy (non-hydrogen) atoms. The van der Waals surface area contributed by atoms with E-state index in [4.69, 9.17) is 5.53 Å². The number of hydrogen-bond donors (Lipinski definition) is 1. The molecule has 0 heterocycles. The van der Waals surface area contributed by atoms with Crippen molar-refractivity contribution in [3.05, 3.63) is 44.3 Å². The minimum atomic E-state index is -0.566. The molecular formula is C9H10N4O2S. The van der Waals surface area contributed by atoms with Crippen molar-refractivity contribution in [3.63, 3.8) is 0 Å². The molecule has 1 aromatic rings. The minimum absolute atomic E-state index is 0.0212. The molecule has 1 rings (SSSR count). The molecule has 1 unspecified atom stereocenters. The number of azide groups is 1. The number of benzene rings is 1. The average Bonchev–Trinajstić information content (AvgIpc) is 2.28. The normalized spacial score (nSPS) is 11.6. The van der Waals surface area contributed by atoms with E-state index in [9.17, 15) is 10.1 Å². The van der Waals surface area contributed by atoms with E-state index >= 15 is 0 Å². The summed E-state index contributed by atoms with van der Waals surface area (Å²) in [7, 11) is 0. The summed E-state index contributed by atoms with van der Waals surface area (Å²) in [5.74, 6) is 0. The topological polar surface area (TPSA) is 91.9 Å². The number of nitro benzene ring substituents is 1. The maximum atomic E-state index is 10.8. The van der Waals surface area contributed by atoms with Crippen molar-refractivity contribution in [3.8, 4) is 0 Å². The lowest BCUT2D eigenvalue weighted by atomic mass is 10.1. The van der Waals surface area contributed by atoms with E-state index in [0.29, 0.717) is 0 Å². The zero-order chi connectivity index (χ0) is 12.1. The van der Waals surface area contributed by atoms with Gasteiger partial charge in [0.15, 0.2) is 0 Å². The van der Waals surface area contributed by atoms with Gasteiger partial charge in [-0.05, 0) is 23.6 Å². The highest BCUT2D eigenvalue weighted by molar-refractivity contribution is 7.80. The monoisotopic (exact) mass is 238 g/mol. The van der Waals surface area contributed by atoms with Gasteiger partial charge in [0.2, 0.25) is 0 Å². The first-order chi connectivity index (χ1) is 7.60.